The molecule has 0 spiro atoms. The van der Waals surface area contributed by atoms with Crippen LogP contribution >= 0.6 is 35.3 Å². The van der Waals surface area contributed by atoms with E-state index in [4.69, 9.17) is 12.2 Å². The van der Waals surface area contributed by atoms with Crippen LogP contribution in [0.4, 0.5) is 5.13 Å². The first-order valence-corrected chi connectivity index (χ1v) is 8.97. The fourth-order valence-electron chi connectivity index (χ4n) is 1.99. The van der Waals surface area contributed by atoms with Gasteiger partial charge < -0.3 is 0 Å². The Labute approximate surface area is 152 Å². The Hall–Kier alpha value is -2.10. The van der Waals surface area contributed by atoms with Crippen molar-refractivity contribution in [3.63, 3.8) is 0 Å². The number of thiocarbonyl (C=S) groups is 1. The molecule has 1 aliphatic heterocycles. The molecule has 1 N–H and O–H groups in total. The molecule has 0 saturated carbocycles. The smallest absolute Gasteiger partial charge is 0.266 e. The quantitative estimate of drug-likeness (QED) is 0.653. The lowest BCUT2D eigenvalue weighted by Gasteiger charge is -2.13. The molecular formula is C15H12N4O2S3. The molecular weight excluding hydrogens is 364 g/mol. The number of benzene rings is 1. The standard InChI is InChI=1S/C15H12N4O2S3/c1-9-17-18-14(23-9)16-12(20)8-19-13(21)11(24-15(19)22)7-10-5-3-2-4-6-10/h2-7H,8H2,1H3,(H,16,18,20). The third-order valence-electron chi connectivity index (χ3n) is 3.05. The molecule has 2 aromatic rings. The molecule has 0 atom stereocenters. The van der Waals surface area contributed by atoms with Gasteiger partial charge in [-0.3, -0.25) is 19.8 Å². The highest BCUT2D eigenvalue weighted by atomic mass is 32.2. The Bertz CT molecular complexity index is 832. The summed E-state index contributed by atoms with van der Waals surface area (Å²) in [5.41, 5.74) is 0.909. The molecule has 1 aromatic heterocycles. The summed E-state index contributed by atoms with van der Waals surface area (Å²) in [7, 11) is 0. The molecule has 9 heteroatoms. The van der Waals surface area contributed by atoms with E-state index in [0.717, 1.165) is 10.6 Å². The number of carbonyl (C=O) groups excluding carboxylic acids is 2. The first-order valence-electron chi connectivity index (χ1n) is 6.93. The molecule has 2 amide bonds. The first-order chi connectivity index (χ1) is 11.5. The number of aryl methyl sites for hydroxylation is 1. The van der Waals surface area contributed by atoms with Crippen molar-refractivity contribution in [2.75, 3.05) is 11.9 Å². The van der Waals surface area contributed by atoms with Crippen LogP contribution in [0.5, 0.6) is 0 Å². The van der Waals surface area contributed by atoms with Gasteiger partial charge in [-0.15, -0.1) is 10.2 Å². The van der Waals surface area contributed by atoms with Crippen molar-refractivity contribution >= 4 is 62.7 Å². The summed E-state index contributed by atoms with van der Waals surface area (Å²) >= 11 is 7.68. The fourth-order valence-corrected chi connectivity index (χ4v) is 3.85. The Balaban J connectivity index is 1.68. The van der Waals surface area contributed by atoms with E-state index in [-0.39, 0.29) is 18.4 Å². The van der Waals surface area contributed by atoms with Gasteiger partial charge in [-0.2, -0.15) is 0 Å². The van der Waals surface area contributed by atoms with Crippen molar-refractivity contribution in [1.82, 2.24) is 15.1 Å². The molecule has 0 radical (unpaired) electrons. The van der Waals surface area contributed by atoms with Gasteiger partial charge in [-0.1, -0.05) is 65.6 Å². The summed E-state index contributed by atoms with van der Waals surface area (Å²) < 4.78 is 0.366. The van der Waals surface area contributed by atoms with Crippen LogP contribution < -0.4 is 5.32 Å². The third-order valence-corrected chi connectivity index (χ3v) is 5.18. The van der Waals surface area contributed by atoms with Crippen molar-refractivity contribution in [3.05, 3.63) is 45.8 Å². The number of amides is 2. The van der Waals surface area contributed by atoms with E-state index in [1.165, 1.54) is 28.0 Å². The summed E-state index contributed by atoms with van der Waals surface area (Å²) in [4.78, 5) is 26.3. The second kappa shape index (κ2) is 7.20. The van der Waals surface area contributed by atoms with Crippen molar-refractivity contribution in [3.8, 4) is 0 Å². The van der Waals surface area contributed by atoms with Crippen LogP contribution in [0.2, 0.25) is 0 Å². The van der Waals surface area contributed by atoms with E-state index in [2.05, 4.69) is 15.5 Å². The summed E-state index contributed by atoms with van der Waals surface area (Å²) in [6.07, 6.45) is 1.77. The molecule has 1 fully saturated rings. The summed E-state index contributed by atoms with van der Waals surface area (Å²) in [5, 5.41) is 11.4. The van der Waals surface area contributed by atoms with Gasteiger partial charge in [0.1, 0.15) is 15.9 Å². The number of aromatic nitrogens is 2. The van der Waals surface area contributed by atoms with Crippen molar-refractivity contribution in [2.45, 2.75) is 6.92 Å². The number of carbonyl (C=O) groups is 2. The average Bonchev–Trinajstić information content (AvgIpc) is 3.07. The number of nitrogens with zero attached hydrogens (tertiary/aromatic N) is 3. The van der Waals surface area contributed by atoms with Crippen LogP contribution in [0.1, 0.15) is 10.6 Å². The Morgan fingerprint density at radius 2 is 2.08 bits per heavy atom. The molecule has 3 rings (SSSR count). The lowest BCUT2D eigenvalue weighted by atomic mass is 10.2. The zero-order valence-electron chi connectivity index (χ0n) is 12.6. The largest absolute Gasteiger partial charge is 0.299 e. The van der Waals surface area contributed by atoms with E-state index in [9.17, 15) is 9.59 Å². The molecule has 0 aliphatic carbocycles. The maximum absolute atomic E-state index is 12.5. The molecule has 122 valence electrons. The summed E-state index contributed by atoms with van der Waals surface area (Å²) in [6.45, 7) is 1.65. The minimum absolute atomic E-state index is 0.143. The minimum atomic E-state index is -0.358. The SMILES string of the molecule is Cc1nnc(NC(=O)CN2C(=O)C(=Cc3ccccc3)SC2=S)s1. The normalized spacial score (nSPS) is 16.0. The molecule has 24 heavy (non-hydrogen) atoms. The molecule has 0 unspecified atom stereocenters. The van der Waals surface area contributed by atoms with Crippen LogP contribution in [-0.2, 0) is 9.59 Å². The van der Waals surface area contributed by atoms with Crippen LogP contribution in [0, 0.1) is 6.92 Å². The van der Waals surface area contributed by atoms with Crippen LogP contribution in [0.15, 0.2) is 35.2 Å². The highest BCUT2D eigenvalue weighted by Crippen LogP contribution is 2.32. The van der Waals surface area contributed by atoms with Crippen LogP contribution in [0.3, 0.4) is 0 Å². The van der Waals surface area contributed by atoms with Gasteiger partial charge in [-0.05, 0) is 18.6 Å². The average molecular weight is 376 g/mol. The topological polar surface area (TPSA) is 75.2 Å². The maximum Gasteiger partial charge on any atom is 0.266 e. The van der Waals surface area contributed by atoms with Crippen LogP contribution in [-0.4, -0.2) is 37.8 Å². The van der Waals surface area contributed by atoms with Crippen molar-refractivity contribution < 1.29 is 9.59 Å². The van der Waals surface area contributed by atoms with E-state index in [0.29, 0.717) is 14.4 Å². The molecule has 1 aliphatic rings. The highest BCUT2D eigenvalue weighted by molar-refractivity contribution is 8.26. The number of thioether (sulfide) groups is 1. The lowest BCUT2D eigenvalue weighted by Crippen LogP contribution is -2.36. The monoisotopic (exact) mass is 376 g/mol. The Morgan fingerprint density at radius 1 is 1.33 bits per heavy atom. The fraction of sp³-hybridized carbons (Fsp3) is 0.133. The summed E-state index contributed by atoms with van der Waals surface area (Å²) in [6, 6.07) is 9.49. The number of hydrogen-bond donors (Lipinski definition) is 1. The lowest BCUT2D eigenvalue weighted by molar-refractivity contribution is -0.126. The Kier molecular flexibility index (Phi) is 5.03. The van der Waals surface area contributed by atoms with Gasteiger partial charge in [0.2, 0.25) is 11.0 Å². The number of hydrogen-bond acceptors (Lipinski definition) is 7. The van der Waals surface area contributed by atoms with Gasteiger partial charge in [-0.25, -0.2) is 0 Å². The second-order valence-electron chi connectivity index (χ2n) is 4.85. The van der Waals surface area contributed by atoms with Gasteiger partial charge >= 0.3 is 0 Å². The van der Waals surface area contributed by atoms with Gasteiger partial charge in [0.25, 0.3) is 5.91 Å². The molecule has 0 bridgehead atoms. The third kappa shape index (κ3) is 3.86. The zero-order chi connectivity index (χ0) is 17.1. The summed E-state index contributed by atoms with van der Waals surface area (Å²) in [5.74, 6) is -0.624. The van der Waals surface area contributed by atoms with Gasteiger partial charge in [0.15, 0.2) is 0 Å². The number of anilines is 1. The van der Waals surface area contributed by atoms with E-state index in [1.54, 1.807) is 13.0 Å². The van der Waals surface area contributed by atoms with E-state index < -0.39 is 0 Å². The first kappa shape index (κ1) is 16.7. The minimum Gasteiger partial charge on any atom is -0.299 e. The molecule has 6 nitrogen and oxygen atoms in total. The molecule has 2 heterocycles. The van der Waals surface area contributed by atoms with Gasteiger partial charge in [0, 0.05) is 0 Å². The predicted molar refractivity (Wildman–Crippen MR) is 99.6 cm³/mol. The zero-order valence-corrected chi connectivity index (χ0v) is 15.0. The maximum atomic E-state index is 12.5. The predicted octanol–water partition coefficient (Wildman–Crippen LogP) is 2.69. The van der Waals surface area contributed by atoms with Crippen LogP contribution in [0.25, 0.3) is 6.08 Å². The van der Waals surface area contributed by atoms with Gasteiger partial charge in [0.05, 0.1) is 4.91 Å². The highest BCUT2D eigenvalue weighted by Gasteiger charge is 2.33. The second-order valence-corrected chi connectivity index (χ2v) is 7.71. The molecule has 1 saturated heterocycles. The number of nitrogens with one attached hydrogen (secondary N) is 1. The van der Waals surface area contributed by atoms with E-state index >= 15 is 0 Å². The van der Waals surface area contributed by atoms with E-state index in [1.807, 2.05) is 30.3 Å². The molecule has 1 aromatic carbocycles. The Morgan fingerprint density at radius 3 is 2.75 bits per heavy atom. The van der Waals surface area contributed by atoms with Crippen molar-refractivity contribution in [2.24, 2.45) is 0 Å². The number of rotatable bonds is 4. The van der Waals surface area contributed by atoms with Crippen molar-refractivity contribution in [1.29, 1.82) is 0 Å².